The molecule has 1 aromatic heterocycles. The van der Waals surface area contributed by atoms with E-state index in [9.17, 15) is 0 Å². The zero-order chi connectivity index (χ0) is 14.2. The lowest BCUT2D eigenvalue weighted by atomic mass is 10.1. The van der Waals surface area contributed by atoms with Gasteiger partial charge in [0.25, 0.3) is 0 Å². The molecule has 1 aromatic carbocycles. The fourth-order valence-electron chi connectivity index (χ4n) is 1.98. The predicted octanol–water partition coefficient (Wildman–Crippen LogP) is 3.87. The van der Waals surface area contributed by atoms with Crippen LogP contribution in [0.25, 0.3) is 0 Å². The van der Waals surface area contributed by atoms with E-state index in [0.717, 1.165) is 23.6 Å². The van der Waals surface area contributed by atoms with Crippen molar-refractivity contribution in [2.45, 2.75) is 19.4 Å². The van der Waals surface area contributed by atoms with Crippen molar-refractivity contribution in [3.8, 4) is 5.75 Å². The number of ether oxygens (including phenoxy) is 2. The number of hydrogen-bond acceptors (Lipinski definition) is 4. The van der Waals surface area contributed by atoms with Crippen LogP contribution in [0.1, 0.15) is 25.1 Å². The van der Waals surface area contributed by atoms with Crippen molar-refractivity contribution in [2.75, 3.05) is 25.6 Å². The molecule has 0 aliphatic heterocycles. The number of benzene rings is 1. The first kappa shape index (κ1) is 14.5. The van der Waals surface area contributed by atoms with E-state index < -0.39 is 0 Å². The molecule has 1 unspecified atom stereocenters. The second-order valence-corrected chi connectivity index (χ2v) is 4.49. The minimum absolute atomic E-state index is 0.166. The van der Waals surface area contributed by atoms with Crippen molar-refractivity contribution in [3.63, 3.8) is 0 Å². The van der Waals surface area contributed by atoms with Crippen molar-refractivity contribution in [3.05, 3.63) is 48.4 Å². The number of rotatable bonds is 8. The van der Waals surface area contributed by atoms with Crippen LogP contribution in [0.3, 0.4) is 0 Å². The van der Waals surface area contributed by atoms with Crippen LogP contribution in [0.5, 0.6) is 5.75 Å². The van der Waals surface area contributed by atoms with Crippen molar-refractivity contribution in [2.24, 2.45) is 0 Å². The minimum atomic E-state index is 0.166. The molecule has 2 rings (SSSR count). The Balaban J connectivity index is 1.99. The van der Waals surface area contributed by atoms with Gasteiger partial charge in [0.05, 0.1) is 18.9 Å². The Kier molecular flexibility index (Phi) is 5.50. The average Bonchev–Trinajstić information content (AvgIpc) is 2.99. The molecule has 0 spiro atoms. The van der Waals surface area contributed by atoms with Crippen molar-refractivity contribution >= 4 is 5.69 Å². The Bertz CT molecular complexity index is 496. The zero-order valence-electron chi connectivity index (χ0n) is 12.0. The lowest BCUT2D eigenvalue weighted by molar-refractivity contribution is 0.146. The summed E-state index contributed by atoms with van der Waals surface area (Å²) in [5.41, 5.74) is 1.02. The molecule has 4 heteroatoms. The van der Waals surface area contributed by atoms with Crippen LogP contribution in [0.15, 0.2) is 47.1 Å². The Morgan fingerprint density at radius 1 is 1.20 bits per heavy atom. The van der Waals surface area contributed by atoms with E-state index in [4.69, 9.17) is 13.9 Å². The van der Waals surface area contributed by atoms with Crippen LogP contribution in [-0.4, -0.2) is 20.3 Å². The summed E-state index contributed by atoms with van der Waals surface area (Å²) in [4.78, 5) is 0. The van der Waals surface area contributed by atoms with Gasteiger partial charge in [-0.15, -0.1) is 0 Å². The summed E-state index contributed by atoms with van der Waals surface area (Å²) in [6, 6.07) is 12.0. The molecule has 0 fully saturated rings. The summed E-state index contributed by atoms with van der Waals surface area (Å²) < 4.78 is 16.0. The van der Waals surface area contributed by atoms with E-state index in [1.807, 2.05) is 36.4 Å². The highest BCUT2D eigenvalue weighted by molar-refractivity contribution is 5.49. The molecule has 2 aromatic rings. The Hall–Kier alpha value is -1.94. The predicted molar refractivity (Wildman–Crippen MR) is 79.2 cm³/mol. The van der Waals surface area contributed by atoms with Gasteiger partial charge < -0.3 is 19.2 Å². The molecule has 0 aliphatic carbocycles. The second-order valence-electron chi connectivity index (χ2n) is 4.49. The van der Waals surface area contributed by atoms with Gasteiger partial charge in [0.1, 0.15) is 18.1 Å². The van der Waals surface area contributed by atoms with Gasteiger partial charge in [-0.1, -0.05) is 13.0 Å². The van der Waals surface area contributed by atoms with Crippen LogP contribution < -0.4 is 10.1 Å². The van der Waals surface area contributed by atoms with E-state index in [-0.39, 0.29) is 6.04 Å². The summed E-state index contributed by atoms with van der Waals surface area (Å²) in [7, 11) is 1.66. The van der Waals surface area contributed by atoms with Gasteiger partial charge in [0.15, 0.2) is 0 Å². The highest BCUT2D eigenvalue weighted by atomic mass is 16.5. The molecule has 0 amide bonds. The minimum Gasteiger partial charge on any atom is -0.491 e. The molecule has 1 N–H and O–H groups in total. The van der Waals surface area contributed by atoms with Crippen LogP contribution in [-0.2, 0) is 4.74 Å². The topological polar surface area (TPSA) is 43.6 Å². The molecular weight excluding hydrogens is 254 g/mol. The highest BCUT2D eigenvalue weighted by Crippen LogP contribution is 2.25. The summed E-state index contributed by atoms with van der Waals surface area (Å²) in [6.07, 6.45) is 2.65. The summed E-state index contributed by atoms with van der Waals surface area (Å²) in [5.74, 6) is 1.78. The summed E-state index contributed by atoms with van der Waals surface area (Å²) in [5, 5.41) is 3.46. The van der Waals surface area contributed by atoms with Crippen molar-refractivity contribution in [1.29, 1.82) is 0 Å². The molecular formula is C16H21NO3. The molecule has 108 valence electrons. The number of methoxy groups -OCH3 is 1. The second kappa shape index (κ2) is 7.60. The van der Waals surface area contributed by atoms with Crippen LogP contribution in [0.2, 0.25) is 0 Å². The molecule has 0 bridgehead atoms. The standard InChI is InChI=1S/C16H21NO3/c1-3-15(16-8-5-9-20-16)17-13-6-4-7-14(12-13)19-11-10-18-2/h4-9,12,15,17H,3,10-11H2,1-2H3. The maximum Gasteiger partial charge on any atom is 0.125 e. The van der Waals surface area contributed by atoms with Crippen LogP contribution in [0.4, 0.5) is 5.69 Å². The molecule has 0 saturated heterocycles. The van der Waals surface area contributed by atoms with Crippen LogP contribution in [0, 0.1) is 0 Å². The number of hydrogen-bond donors (Lipinski definition) is 1. The van der Waals surface area contributed by atoms with Crippen molar-refractivity contribution < 1.29 is 13.9 Å². The largest absolute Gasteiger partial charge is 0.491 e. The van der Waals surface area contributed by atoms with Gasteiger partial charge >= 0.3 is 0 Å². The number of nitrogens with one attached hydrogen (secondary N) is 1. The van der Waals surface area contributed by atoms with E-state index in [1.54, 1.807) is 13.4 Å². The average molecular weight is 275 g/mol. The summed E-state index contributed by atoms with van der Waals surface area (Å²) >= 11 is 0. The van der Waals surface area contributed by atoms with Gasteiger partial charge in [-0.2, -0.15) is 0 Å². The van der Waals surface area contributed by atoms with E-state index in [2.05, 4.69) is 12.2 Å². The Morgan fingerprint density at radius 2 is 2.10 bits per heavy atom. The van der Waals surface area contributed by atoms with Gasteiger partial charge in [-0.3, -0.25) is 0 Å². The van der Waals surface area contributed by atoms with Gasteiger partial charge in [-0.05, 0) is 30.7 Å². The third-order valence-electron chi connectivity index (χ3n) is 3.03. The van der Waals surface area contributed by atoms with Gasteiger partial charge in [-0.25, -0.2) is 0 Å². The quantitative estimate of drug-likeness (QED) is 0.743. The van der Waals surface area contributed by atoms with Crippen LogP contribution >= 0.6 is 0 Å². The highest BCUT2D eigenvalue weighted by Gasteiger charge is 2.11. The monoisotopic (exact) mass is 275 g/mol. The third-order valence-corrected chi connectivity index (χ3v) is 3.03. The van der Waals surface area contributed by atoms with Crippen molar-refractivity contribution in [1.82, 2.24) is 0 Å². The maximum atomic E-state index is 5.60. The molecule has 1 heterocycles. The molecule has 1 atom stereocenters. The normalized spacial score (nSPS) is 12.1. The number of anilines is 1. The lowest BCUT2D eigenvalue weighted by Crippen LogP contribution is -2.09. The molecule has 4 nitrogen and oxygen atoms in total. The van der Waals surface area contributed by atoms with Gasteiger partial charge in [0.2, 0.25) is 0 Å². The number of furan rings is 1. The zero-order valence-corrected chi connectivity index (χ0v) is 12.0. The van der Waals surface area contributed by atoms with E-state index in [0.29, 0.717) is 13.2 Å². The maximum absolute atomic E-state index is 5.60. The first-order chi connectivity index (χ1) is 9.83. The first-order valence-electron chi connectivity index (χ1n) is 6.85. The fourth-order valence-corrected chi connectivity index (χ4v) is 1.98. The smallest absolute Gasteiger partial charge is 0.125 e. The third kappa shape index (κ3) is 4.03. The Morgan fingerprint density at radius 3 is 2.80 bits per heavy atom. The van der Waals surface area contributed by atoms with E-state index in [1.165, 1.54) is 0 Å². The molecule has 0 aliphatic rings. The van der Waals surface area contributed by atoms with Gasteiger partial charge in [0, 0.05) is 18.9 Å². The first-order valence-corrected chi connectivity index (χ1v) is 6.85. The molecule has 20 heavy (non-hydrogen) atoms. The summed E-state index contributed by atoms with van der Waals surface area (Å²) in [6.45, 7) is 3.26. The lowest BCUT2D eigenvalue weighted by Gasteiger charge is -2.16. The Labute approximate surface area is 119 Å². The SMILES string of the molecule is CCC(Nc1cccc(OCCOC)c1)c1ccco1. The molecule has 0 saturated carbocycles. The fraction of sp³-hybridized carbons (Fsp3) is 0.375. The van der Waals surface area contributed by atoms with E-state index >= 15 is 0 Å². The molecule has 0 radical (unpaired) electrons.